The number of carbonyl (C=O) groups is 1. The van der Waals surface area contributed by atoms with Gasteiger partial charge in [-0.3, -0.25) is 9.69 Å². The Hall–Kier alpha value is -0.650. The van der Waals surface area contributed by atoms with E-state index in [0.29, 0.717) is 6.61 Å². The molecule has 5 heteroatoms. The monoisotopic (exact) mass is 310 g/mol. The number of rotatable bonds is 4. The average molecular weight is 310 g/mol. The molecule has 2 atom stereocenters. The summed E-state index contributed by atoms with van der Waals surface area (Å²) in [5, 5.41) is 3.33. The van der Waals surface area contributed by atoms with Crippen LogP contribution in [0.1, 0.15) is 45.4 Å². The smallest absolute Gasteiger partial charge is 0.225 e. The minimum Gasteiger partial charge on any atom is -0.381 e. The molecule has 0 spiro atoms. The molecule has 5 nitrogen and oxygen atoms in total. The fourth-order valence-corrected chi connectivity index (χ4v) is 4.43. The Kier molecular flexibility index (Phi) is 5.37. The first kappa shape index (κ1) is 16.2. The van der Waals surface area contributed by atoms with E-state index in [0.717, 1.165) is 45.8 Å². The van der Waals surface area contributed by atoms with Crippen LogP contribution >= 0.6 is 0 Å². The van der Waals surface area contributed by atoms with Crippen molar-refractivity contribution in [1.29, 1.82) is 0 Å². The van der Waals surface area contributed by atoms with Crippen LogP contribution in [0.2, 0.25) is 0 Å². The Bertz CT molecular complexity index is 370. The van der Waals surface area contributed by atoms with Crippen molar-refractivity contribution < 1.29 is 14.3 Å². The van der Waals surface area contributed by atoms with Gasteiger partial charge in [0, 0.05) is 31.3 Å². The molecule has 2 heterocycles. The summed E-state index contributed by atoms with van der Waals surface area (Å²) in [4.78, 5) is 15.1. The summed E-state index contributed by atoms with van der Waals surface area (Å²) >= 11 is 0. The summed E-state index contributed by atoms with van der Waals surface area (Å²) in [6.07, 6.45) is 6.88. The molecule has 0 aromatic rings. The van der Waals surface area contributed by atoms with Gasteiger partial charge in [-0.05, 0) is 32.6 Å². The van der Waals surface area contributed by atoms with E-state index in [1.54, 1.807) is 0 Å². The van der Waals surface area contributed by atoms with E-state index >= 15 is 0 Å². The maximum Gasteiger partial charge on any atom is 0.225 e. The van der Waals surface area contributed by atoms with Gasteiger partial charge >= 0.3 is 0 Å². The molecule has 1 aliphatic carbocycles. The number of morpholine rings is 1. The third-order valence-corrected chi connectivity index (χ3v) is 5.81. The molecule has 0 radical (unpaired) electrons. The van der Waals surface area contributed by atoms with Crippen LogP contribution in [0.5, 0.6) is 0 Å². The lowest BCUT2D eigenvalue weighted by molar-refractivity contribution is -0.131. The number of carbonyl (C=O) groups excluding carboxylic acids is 1. The molecule has 0 aromatic heterocycles. The summed E-state index contributed by atoms with van der Waals surface area (Å²) in [7, 11) is 0. The highest BCUT2D eigenvalue weighted by Crippen LogP contribution is 2.38. The third-order valence-electron chi connectivity index (χ3n) is 5.81. The zero-order chi connectivity index (χ0) is 15.4. The lowest BCUT2D eigenvalue weighted by atomic mass is 9.86. The van der Waals surface area contributed by atoms with Crippen LogP contribution in [0, 0.1) is 5.92 Å². The standard InChI is InChI=1S/C17H30N2O3/c1-14(18-16(20)15-5-4-10-22-13-15)17(6-2-3-7-17)19-8-11-21-12-9-19/h14-15H,2-13H2,1H3,(H,18,20)/t14-,15-/m0/s1. The van der Waals surface area contributed by atoms with Gasteiger partial charge < -0.3 is 14.8 Å². The highest BCUT2D eigenvalue weighted by atomic mass is 16.5. The van der Waals surface area contributed by atoms with Crippen LogP contribution in [0.15, 0.2) is 0 Å². The highest BCUT2D eigenvalue weighted by Gasteiger charge is 2.45. The summed E-state index contributed by atoms with van der Waals surface area (Å²) in [5.74, 6) is 0.228. The minimum absolute atomic E-state index is 0.0411. The van der Waals surface area contributed by atoms with Gasteiger partial charge in [0.25, 0.3) is 0 Å². The fourth-order valence-electron chi connectivity index (χ4n) is 4.43. The topological polar surface area (TPSA) is 50.8 Å². The van der Waals surface area contributed by atoms with E-state index in [2.05, 4.69) is 17.1 Å². The van der Waals surface area contributed by atoms with Crippen molar-refractivity contribution in [2.45, 2.75) is 57.0 Å². The quantitative estimate of drug-likeness (QED) is 0.856. The summed E-state index contributed by atoms with van der Waals surface area (Å²) < 4.78 is 11.0. The first-order chi connectivity index (χ1) is 10.7. The maximum absolute atomic E-state index is 12.6. The zero-order valence-corrected chi connectivity index (χ0v) is 13.8. The van der Waals surface area contributed by atoms with E-state index < -0.39 is 0 Å². The number of ether oxygens (including phenoxy) is 2. The number of nitrogens with zero attached hydrogens (tertiary/aromatic N) is 1. The largest absolute Gasteiger partial charge is 0.381 e. The van der Waals surface area contributed by atoms with Crippen molar-refractivity contribution in [2.75, 3.05) is 39.5 Å². The summed E-state index contributed by atoms with van der Waals surface area (Å²) in [6, 6.07) is 0.197. The van der Waals surface area contributed by atoms with Crippen LogP contribution in [0.4, 0.5) is 0 Å². The van der Waals surface area contributed by atoms with Crippen molar-refractivity contribution >= 4 is 5.91 Å². The molecule has 2 saturated heterocycles. The van der Waals surface area contributed by atoms with Crippen LogP contribution < -0.4 is 5.32 Å². The van der Waals surface area contributed by atoms with Gasteiger partial charge in [0.15, 0.2) is 0 Å². The Labute approximate surface area is 133 Å². The van der Waals surface area contributed by atoms with Crippen molar-refractivity contribution in [3.8, 4) is 0 Å². The lowest BCUT2D eigenvalue weighted by Gasteiger charge is -2.47. The lowest BCUT2D eigenvalue weighted by Crippen LogP contribution is -2.62. The van der Waals surface area contributed by atoms with Crippen LogP contribution in [-0.4, -0.2) is 61.9 Å². The second kappa shape index (κ2) is 7.28. The van der Waals surface area contributed by atoms with Crippen LogP contribution in [0.25, 0.3) is 0 Å². The number of hydrogen-bond acceptors (Lipinski definition) is 4. The molecule has 0 unspecified atom stereocenters. The molecule has 1 amide bonds. The van der Waals surface area contributed by atoms with Gasteiger partial charge in [-0.1, -0.05) is 12.8 Å². The van der Waals surface area contributed by atoms with Crippen molar-refractivity contribution in [1.82, 2.24) is 10.2 Å². The van der Waals surface area contributed by atoms with Gasteiger partial charge in [-0.2, -0.15) is 0 Å². The minimum atomic E-state index is 0.0411. The van der Waals surface area contributed by atoms with Crippen molar-refractivity contribution in [3.05, 3.63) is 0 Å². The Morgan fingerprint density at radius 3 is 2.50 bits per heavy atom. The molecule has 2 aliphatic heterocycles. The van der Waals surface area contributed by atoms with E-state index in [4.69, 9.17) is 9.47 Å². The first-order valence-corrected chi connectivity index (χ1v) is 8.93. The van der Waals surface area contributed by atoms with Gasteiger partial charge in [-0.25, -0.2) is 0 Å². The highest BCUT2D eigenvalue weighted by molar-refractivity contribution is 5.79. The van der Waals surface area contributed by atoms with Gasteiger partial charge in [0.2, 0.25) is 5.91 Å². The SMILES string of the molecule is C[C@H](NC(=O)[C@H]1CCCOC1)C1(N2CCOCC2)CCCC1. The Morgan fingerprint density at radius 1 is 1.14 bits per heavy atom. The molecule has 22 heavy (non-hydrogen) atoms. The molecule has 0 bridgehead atoms. The van der Waals surface area contributed by atoms with Gasteiger partial charge in [0.05, 0.1) is 25.7 Å². The van der Waals surface area contributed by atoms with E-state index in [1.807, 2.05) is 0 Å². The summed E-state index contributed by atoms with van der Waals surface area (Å²) in [6.45, 7) is 7.21. The molecule has 1 N–H and O–H groups in total. The van der Waals surface area contributed by atoms with Gasteiger partial charge in [-0.15, -0.1) is 0 Å². The maximum atomic E-state index is 12.6. The molecule has 0 aromatic carbocycles. The molecule has 3 fully saturated rings. The van der Waals surface area contributed by atoms with Crippen molar-refractivity contribution in [2.24, 2.45) is 5.92 Å². The Morgan fingerprint density at radius 2 is 1.86 bits per heavy atom. The van der Waals surface area contributed by atoms with Gasteiger partial charge in [0.1, 0.15) is 0 Å². The molecule has 126 valence electrons. The summed E-state index contributed by atoms with van der Waals surface area (Å²) in [5.41, 5.74) is 0.134. The predicted octanol–water partition coefficient (Wildman–Crippen LogP) is 1.56. The molecular formula is C17H30N2O3. The van der Waals surface area contributed by atoms with E-state index in [-0.39, 0.29) is 23.4 Å². The van der Waals surface area contributed by atoms with Crippen molar-refractivity contribution in [3.63, 3.8) is 0 Å². The first-order valence-electron chi connectivity index (χ1n) is 8.93. The van der Waals surface area contributed by atoms with E-state index in [1.165, 1.54) is 25.7 Å². The Balaban J connectivity index is 1.64. The second-order valence-electron chi connectivity index (χ2n) is 7.05. The third kappa shape index (κ3) is 3.31. The van der Waals surface area contributed by atoms with E-state index in [9.17, 15) is 4.79 Å². The average Bonchev–Trinajstić information content (AvgIpc) is 3.07. The number of amides is 1. The number of nitrogens with one attached hydrogen (secondary N) is 1. The molecule has 3 rings (SSSR count). The van der Waals surface area contributed by atoms with Crippen LogP contribution in [-0.2, 0) is 14.3 Å². The zero-order valence-electron chi connectivity index (χ0n) is 13.8. The molecule has 3 aliphatic rings. The molecular weight excluding hydrogens is 280 g/mol. The second-order valence-corrected chi connectivity index (χ2v) is 7.05. The fraction of sp³-hybridized carbons (Fsp3) is 0.941. The van der Waals surface area contributed by atoms with Crippen LogP contribution in [0.3, 0.4) is 0 Å². The number of hydrogen-bond donors (Lipinski definition) is 1. The normalized spacial score (nSPS) is 30.9. The predicted molar refractivity (Wildman–Crippen MR) is 84.7 cm³/mol. The molecule has 1 saturated carbocycles.